The molecule has 2 heterocycles. The van der Waals surface area contributed by atoms with Crippen LogP contribution in [0.1, 0.15) is 37.8 Å². The van der Waals surface area contributed by atoms with Gasteiger partial charge in [0.05, 0.1) is 24.8 Å². The van der Waals surface area contributed by atoms with Gasteiger partial charge in [-0.2, -0.15) is 0 Å². The lowest BCUT2D eigenvalue weighted by molar-refractivity contribution is -0.129. The van der Waals surface area contributed by atoms with Gasteiger partial charge in [-0.05, 0) is 52.7 Å². The highest BCUT2D eigenvalue weighted by molar-refractivity contribution is 5.98. The summed E-state index contributed by atoms with van der Waals surface area (Å²) in [5, 5.41) is 14.1. The van der Waals surface area contributed by atoms with Crippen LogP contribution in [0.3, 0.4) is 0 Å². The highest BCUT2D eigenvalue weighted by Gasteiger charge is 2.44. The number of aromatic nitrogens is 4. The fourth-order valence-electron chi connectivity index (χ4n) is 4.07. The van der Waals surface area contributed by atoms with Gasteiger partial charge in [-0.1, -0.05) is 31.5 Å². The molecular weight excluding hydrogens is 408 g/mol. The zero-order chi connectivity index (χ0) is 22.5. The normalized spacial score (nSPS) is 18.1. The number of hydrogen-bond acceptors (Lipinski definition) is 6. The molecule has 2 aromatic carbocycles. The predicted octanol–water partition coefficient (Wildman–Crippen LogP) is 3.00. The summed E-state index contributed by atoms with van der Waals surface area (Å²) in [4.78, 5) is 28.0. The molecule has 0 bridgehead atoms. The third kappa shape index (κ3) is 4.46. The first-order chi connectivity index (χ1) is 15.6. The van der Waals surface area contributed by atoms with Gasteiger partial charge in [0.15, 0.2) is 0 Å². The molecule has 1 aliphatic rings. The van der Waals surface area contributed by atoms with Crippen molar-refractivity contribution in [3.8, 4) is 11.4 Å². The second-order valence-corrected chi connectivity index (χ2v) is 7.76. The molecule has 0 spiro atoms. The fourth-order valence-corrected chi connectivity index (χ4v) is 4.07. The summed E-state index contributed by atoms with van der Waals surface area (Å²) in [6, 6.07) is 14.5. The molecule has 1 fully saturated rings. The van der Waals surface area contributed by atoms with E-state index < -0.39 is 5.92 Å². The molecule has 1 N–H and O–H groups in total. The molecule has 3 aromatic rings. The van der Waals surface area contributed by atoms with Crippen molar-refractivity contribution < 1.29 is 14.3 Å². The van der Waals surface area contributed by atoms with Gasteiger partial charge < -0.3 is 15.0 Å². The van der Waals surface area contributed by atoms with Crippen molar-refractivity contribution in [2.75, 3.05) is 19.0 Å². The number of rotatable bonds is 8. The van der Waals surface area contributed by atoms with E-state index in [-0.39, 0.29) is 24.3 Å². The van der Waals surface area contributed by atoms with Gasteiger partial charge in [0, 0.05) is 18.7 Å². The van der Waals surface area contributed by atoms with Crippen LogP contribution in [0.25, 0.3) is 5.69 Å². The van der Waals surface area contributed by atoms with Crippen LogP contribution < -0.4 is 10.1 Å². The summed E-state index contributed by atoms with van der Waals surface area (Å²) in [5.41, 5.74) is 2.28. The first kappa shape index (κ1) is 21.5. The Morgan fingerprint density at radius 1 is 1.22 bits per heavy atom. The van der Waals surface area contributed by atoms with Gasteiger partial charge in [-0.15, -0.1) is 5.10 Å². The number of anilines is 1. The maximum atomic E-state index is 13.3. The van der Waals surface area contributed by atoms with E-state index in [1.165, 1.54) is 11.0 Å². The highest BCUT2D eigenvalue weighted by Crippen LogP contribution is 2.39. The molecule has 166 valence electrons. The average molecular weight is 435 g/mol. The van der Waals surface area contributed by atoms with Crippen molar-refractivity contribution in [3.05, 3.63) is 60.4 Å². The van der Waals surface area contributed by atoms with Crippen molar-refractivity contribution in [2.24, 2.45) is 5.92 Å². The number of tetrazole rings is 1. The smallest absolute Gasteiger partial charge is 0.230 e. The zero-order valence-corrected chi connectivity index (χ0v) is 18.1. The Balaban J connectivity index is 1.59. The SMILES string of the molecule is CCCCN1C(=O)CC(C(=O)Nc2cccc(-n3cnnn3)c2)C1c1ccc(OC)cc1. The molecule has 1 aromatic heterocycles. The standard InChI is InChI=1S/C23H26N6O3/c1-3-4-12-28-21(30)14-20(22(28)16-8-10-19(32-2)11-9-16)23(31)25-17-6-5-7-18(13-17)29-15-24-26-27-29/h5-11,13,15,20,22H,3-4,12,14H2,1-2H3,(H,25,31). The molecule has 0 aliphatic carbocycles. The van der Waals surface area contributed by atoms with E-state index in [0.717, 1.165) is 29.8 Å². The number of nitrogens with zero attached hydrogens (tertiary/aromatic N) is 5. The number of benzene rings is 2. The van der Waals surface area contributed by atoms with Crippen molar-refractivity contribution in [1.29, 1.82) is 0 Å². The Morgan fingerprint density at radius 3 is 2.72 bits per heavy atom. The number of likely N-dealkylation sites (tertiary alicyclic amines) is 1. The molecule has 32 heavy (non-hydrogen) atoms. The van der Waals surface area contributed by atoms with Gasteiger partial charge in [-0.3, -0.25) is 9.59 Å². The summed E-state index contributed by atoms with van der Waals surface area (Å²) < 4.78 is 6.78. The number of unbranched alkanes of at least 4 members (excludes halogenated alkanes) is 1. The third-order valence-electron chi connectivity index (χ3n) is 5.71. The highest BCUT2D eigenvalue weighted by atomic mass is 16.5. The Morgan fingerprint density at radius 2 is 2.03 bits per heavy atom. The van der Waals surface area contributed by atoms with Crippen LogP contribution in [0.2, 0.25) is 0 Å². The topological polar surface area (TPSA) is 102 Å². The van der Waals surface area contributed by atoms with Crippen LogP contribution in [0.4, 0.5) is 5.69 Å². The Labute approximate surface area is 186 Å². The van der Waals surface area contributed by atoms with Gasteiger partial charge in [0.1, 0.15) is 12.1 Å². The summed E-state index contributed by atoms with van der Waals surface area (Å²) in [6.45, 7) is 2.72. The molecule has 2 amide bonds. The minimum absolute atomic E-state index is 0.00172. The number of nitrogens with one attached hydrogen (secondary N) is 1. The van der Waals surface area contributed by atoms with Crippen LogP contribution in [-0.2, 0) is 9.59 Å². The number of hydrogen-bond donors (Lipinski definition) is 1. The van der Waals surface area contributed by atoms with Crippen molar-refractivity contribution >= 4 is 17.5 Å². The lowest BCUT2D eigenvalue weighted by Gasteiger charge is -2.28. The van der Waals surface area contributed by atoms with Gasteiger partial charge >= 0.3 is 0 Å². The minimum atomic E-state index is -0.496. The number of amides is 2. The molecular formula is C23H26N6O3. The van der Waals surface area contributed by atoms with Gasteiger partial charge in [0.2, 0.25) is 11.8 Å². The van der Waals surface area contributed by atoms with Crippen LogP contribution in [0.15, 0.2) is 54.9 Å². The average Bonchev–Trinajstić information content (AvgIpc) is 3.46. The number of carbonyl (C=O) groups excluding carboxylic acids is 2. The molecule has 1 saturated heterocycles. The summed E-state index contributed by atoms with van der Waals surface area (Å²) in [7, 11) is 1.61. The fraction of sp³-hybridized carbons (Fsp3) is 0.348. The summed E-state index contributed by atoms with van der Waals surface area (Å²) in [6.07, 6.45) is 3.53. The predicted molar refractivity (Wildman–Crippen MR) is 118 cm³/mol. The molecule has 0 saturated carbocycles. The van der Waals surface area contributed by atoms with Gasteiger partial charge in [-0.25, -0.2) is 4.68 Å². The van der Waals surface area contributed by atoms with Crippen LogP contribution in [0, 0.1) is 5.92 Å². The van der Waals surface area contributed by atoms with Crippen molar-refractivity contribution in [2.45, 2.75) is 32.2 Å². The Hall–Kier alpha value is -3.75. The number of ether oxygens (including phenoxy) is 1. The van der Waals surface area contributed by atoms with E-state index in [2.05, 4.69) is 27.8 Å². The third-order valence-corrected chi connectivity index (χ3v) is 5.71. The van der Waals surface area contributed by atoms with E-state index in [1.807, 2.05) is 41.3 Å². The van der Waals surface area contributed by atoms with Crippen LogP contribution >= 0.6 is 0 Å². The summed E-state index contributed by atoms with van der Waals surface area (Å²) in [5.74, 6) is 0.0527. The molecule has 9 nitrogen and oxygen atoms in total. The van der Waals surface area contributed by atoms with E-state index in [1.54, 1.807) is 19.2 Å². The maximum Gasteiger partial charge on any atom is 0.230 e. The largest absolute Gasteiger partial charge is 0.497 e. The Bertz CT molecular complexity index is 1070. The lowest BCUT2D eigenvalue weighted by atomic mass is 9.92. The number of carbonyl (C=O) groups is 2. The summed E-state index contributed by atoms with van der Waals surface area (Å²) >= 11 is 0. The van der Waals surface area contributed by atoms with Gasteiger partial charge in [0.25, 0.3) is 0 Å². The second-order valence-electron chi connectivity index (χ2n) is 7.76. The first-order valence-corrected chi connectivity index (χ1v) is 10.7. The molecule has 4 rings (SSSR count). The van der Waals surface area contributed by atoms with Crippen LogP contribution in [-0.4, -0.2) is 50.6 Å². The molecule has 2 atom stereocenters. The molecule has 0 radical (unpaired) electrons. The molecule has 9 heteroatoms. The van der Waals surface area contributed by atoms with E-state index >= 15 is 0 Å². The second kappa shape index (κ2) is 9.59. The Kier molecular flexibility index (Phi) is 6.44. The lowest BCUT2D eigenvalue weighted by Crippen LogP contribution is -2.33. The van der Waals surface area contributed by atoms with Crippen molar-refractivity contribution in [1.82, 2.24) is 25.1 Å². The van der Waals surface area contributed by atoms with E-state index in [0.29, 0.717) is 12.2 Å². The molecule has 1 aliphatic heterocycles. The maximum absolute atomic E-state index is 13.3. The monoisotopic (exact) mass is 434 g/mol. The zero-order valence-electron chi connectivity index (χ0n) is 18.1. The quantitative estimate of drug-likeness (QED) is 0.585. The van der Waals surface area contributed by atoms with Crippen LogP contribution in [0.5, 0.6) is 5.75 Å². The van der Waals surface area contributed by atoms with E-state index in [9.17, 15) is 9.59 Å². The van der Waals surface area contributed by atoms with E-state index in [4.69, 9.17) is 4.74 Å². The first-order valence-electron chi connectivity index (χ1n) is 10.7. The molecule has 2 unspecified atom stereocenters. The van der Waals surface area contributed by atoms with Crippen molar-refractivity contribution in [3.63, 3.8) is 0 Å². The number of methoxy groups -OCH3 is 1. The minimum Gasteiger partial charge on any atom is -0.497 e.